The van der Waals surface area contributed by atoms with Gasteiger partial charge >= 0.3 is 7.12 Å². The molecule has 0 fully saturated rings. The summed E-state index contributed by atoms with van der Waals surface area (Å²) in [7, 11) is -1.30. The van der Waals surface area contributed by atoms with E-state index in [0.717, 1.165) is 5.56 Å². The first kappa shape index (κ1) is 22.0. The summed E-state index contributed by atoms with van der Waals surface area (Å²) in [5.41, 5.74) is 7.02. The summed E-state index contributed by atoms with van der Waals surface area (Å²) in [4.78, 5) is 16.0. The minimum atomic E-state index is -1.30. The van der Waals surface area contributed by atoms with Gasteiger partial charge in [0.1, 0.15) is 6.54 Å². The zero-order valence-corrected chi connectivity index (χ0v) is 15.0. The molecule has 0 bridgehead atoms. The summed E-state index contributed by atoms with van der Waals surface area (Å²) >= 11 is 0. The van der Waals surface area contributed by atoms with E-state index >= 15 is 0 Å². The zero-order chi connectivity index (χ0) is 18.1. The van der Waals surface area contributed by atoms with Crippen molar-refractivity contribution in [1.82, 2.24) is 30.5 Å². The molecule has 26 heavy (non-hydrogen) atoms. The summed E-state index contributed by atoms with van der Waals surface area (Å²) in [6.07, 6.45) is 5.56. The number of pyridine rings is 1. The number of nitrogens with zero attached hydrogens (tertiary/aromatic N) is 5. The Bertz CT molecular complexity index is 659. The Morgan fingerprint density at radius 1 is 1.31 bits per heavy atom. The van der Waals surface area contributed by atoms with E-state index in [1.807, 2.05) is 12.1 Å². The number of unbranched alkanes of at least 4 members (excludes halogenated alkanes) is 1. The predicted molar refractivity (Wildman–Crippen MR) is 96.9 cm³/mol. The average Bonchev–Trinajstić information content (AvgIpc) is 3.05. The first-order valence-electron chi connectivity index (χ1n) is 8.09. The van der Waals surface area contributed by atoms with Crippen molar-refractivity contribution in [1.29, 1.82) is 0 Å². The number of hydrogen-bond donors (Lipinski definition) is 4. The minimum absolute atomic E-state index is 0. The summed E-state index contributed by atoms with van der Waals surface area (Å²) in [5, 5.41) is 31.7. The molecule has 0 saturated heterocycles. The zero-order valence-electron chi connectivity index (χ0n) is 14.2. The van der Waals surface area contributed by atoms with Gasteiger partial charge in [0, 0.05) is 18.9 Å². The van der Waals surface area contributed by atoms with Gasteiger partial charge in [-0.05, 0) is 40.9 Å². The van der Waals surface area contributed by atoms with Crippen LogP contribution in [0.2, 0.25) is 6.32 Å². The Morgan fingerprint density at radius 3 is 2.73 bits per heavy atom. The van der Waals surface area contributed by atoms with E-state index in [1.54, 1.807) is 12.4 Å². The predicted octanol–water partition coefficient (Wildman–Crippen LogP) is -0.551. The molecule has 2 rings (SSSR count). The van der Waals surface area contributed by atoms with Crippen LogP contribution in [0.3, 0.4) is 0 Å². The van der Waals surface area contributed by atoms with Gasteiger partial charge < -0.3 is 21.1 Å². The molecule has 0 aliphatic heterocycles. The van der Waals surface area contributed by atoms with Crippen LogP contribution in [0.4, 0.5) is 0 Å². The maximum Gasteiger partial charge on any atom is 0.451 e. The molecule has 142 valence electrons. The average molecular weight is 384 g/mol. The SMILES string of the molecule is Cl.NC(CCCCB(O)O)c1nnnn1CC(=O)NCc1ccncc1. The lowest BCUT2D eigenvalue weighted by Gasteiger charge is -2.11. The van der Waals surface area contributed by atoms with Crippen LogP contribution in [0.1, 0.15) is 36.7 Å². The number of amides is 1. The molecule has 0 aliphatic rings. The molecule has 0 aliphatic carbocycles. The lowest BCUT2D eigenvalue weighted by Crippen LogP contribution is -2.29. The van der Waals surface area contributed by atoms with E-state index in [0.29, 0.717) is 38.0 Å². The lowest BCUT2D eigenvalue weighted by molar-refractivity contribution is -0.122. The van der Waals surface area contributed by atoms with Crippen molar-refractivity contribution < 1.29 is 14.8 Å². The third kappa shape index (κ3) is 7.44. The van der Waals surface area contributed by atoms with Crippen LogP contribution in [-0.4, -0.2) is 48.3 Å². The van der Waals surface area contributed by atoms with Crippen molar-refractivity contribution in [3.63, 3.8) is 0 Å². The second-order valence-electron chi connectivity index (χ2n) is 5.70. The highest BCUT2D eigenvalue weighted by Crippen LogP contribution is 2.14. The van der Waals surface area contributed by atoms with Gasteiger partial charge in [-0.25, -0.2) is 4.68 Å². The topological polar surface area (TPSA) is 152 Å². The fraction of sp³-hybridized carbons (Fsp3) is 0.500. The monoisotopic (exact) mass is 383 g/mol. The number of tetrazole rings is 1. The molecule has 0 aromatic carbocycles. The van der Waals surface area contributed by atoms with E-state index in [9.17, 15) is 4.79 Å². The second-order valence-corrected chi connectivity index (χ2v) is 5.70. The van der Waals surface area contributed by atoms with Crippen molar-refractivity contribution in [3.05, 3.63) is 35.9 Å². The first-order chi connectivity index (χ1) is 12.1. The number of carbonyl (C=O) groups is 1. The molecule has 5 N–H and O–H groups in total. The van der Waals surface area contributed by atoms with E-state index in [2.05, 4.69) is 25.8 Å². The summed E-state index contributed by atoms with van der Waals surface area (Å²) < 4.78 is 1.38. The summed E-state index contributed by atoms with van der Waals surface area (Å²) in [6, 6.07) is 3.23. The van der Waals surface area contributed by atoms with Gasteiger partial charge in [-0.2, -0.15) is 0 Å². The van der Waals surface area contributed by atoms with Crippen molar-refractivity contribution in [2.75, 3.05) is 0 Å². The molecule has 0 saturated carbocycles. The highest BCUT2D eigenvalue weighted by Gasteiger charge is 2.17. The molecular weight excluding hydrogens is 360 g/mol. The van der Waals surface area contributed by atoms with Crippen LogP contribution in [0.5, 0.6) is 0 Å². The van der Waals surface area contributed by atoms with Crippen LogP contribution in [0, 0.1) is 0 Å². The number of hydrogen-bond acceptors (Lipinski definition) is 8. The highest BCUT2D eigenvalue weighted by atomic mass is 35.5. The molecule has 10 nitrogen and oxygen atoms in total. The summed E-state index contributed by atoms with van der Waals surface area (Å²) in [5.74, 6) is 0.213. The molecule has 1 atom stereocenters. The number of aromatic nitrogens is 5. The quantitative estimate of drug-likeness (QED) is 0.315. The van der Waals surface area contributed by atoms with Crippen LogP contribution < -0.4 is 11.1 Å². The number of nitrogens with one attached hydrogen (secondary N) is 1. The van der Waals surface area contributed by atoms with Crippen molar-refractivity contribution in [2.45, 2.75) is 44.7 Å². The maximum absolute atomic E-state index is 12.1. The molecule has 12 heteroatoms. The maximum atomic E-state index is 12.1. The van der Waals surface area contributed by atoms with E-state index in [-0.39, 0.29) is 24.9 Å². The summed E-state index contributed by atoms with van der Waals surface area (Å²) in [6.45, 7) is 0.380. The Morgan fingerprint density at radius 2 is 2.04 bits per heavy atom. The number of nitrogens with two attached hydrogens (primary N) is 1. The van der Waals surface area contributed by atoms with Gasteiger partial charge in [0.25, 0.3) is 0 Å². The van der Waals surface area contributed by atoms with Crippen LogP contribution >= 0.6 is 12.4 Å². The Hall–Kier alpha value is -2.08. The first-order valence-corrected chi connectivity index (χ1v) is 8.09. The van der Waals surface area contributed by atoms with E-state index in [4.69, 9.17) is 15.8 Å². The number of rotatable bonds is 10. The second kappa shape index (κ2) is 11.5. The fourth-order valence-electron chi connectivity index (χ4n) is 2.30. The molecule has 2 aromatic rings. The molecule has 0 radical (unpaired) electrons. The van der Waals surface area contributed by atoms with Gasteiger partial charge in [-0.15, -0.1) is 17.5 Å². The van der Waals surface area contributed by atoms with Crippen molar-refractivity contribution in [3.8, 4) is 0 Å². The standard InChI is InChI=1S/C14H22BN7O3.ClH/c16-12(3-1-2-6-15(24)25)14-19-20-21-22(14)10-13(23)18-9-11-4-7-17-8-5-11;/h4-5,7-8,12,24-25H,1-3,6,9-10,16H2,(H,18,23);1H. The smallest absolute Gasteiger partial charge is 0.427 e. The normalized spacial score (nSPS) is 11.5. The number of carbonyl (C=O) groups excluding carboxylic acids is 1. The Kier molecular flexibility index (Phi) is 9.74. The lowest BCUT2D eigenvalue weighted by atomic mass is 9.83. The minimum Gasteiger partial charge on any atom is -0.427 e. The van der Waals surface area contributed by atoms with Crippen LogP contribution in [-0.2, 0) is 17.9 Å². The van der Waals surface area contributed by atoms with Crippen molar-refractivity contribution >= 4 is 25.4 Å². The number of halogens is 1. The van der Waals surface area contributed by atoms with Crippen molar-refractivity contribution in [2.24, 2.45) is 5.73 Å². The molecule has 2 heterocycles. The third-order valence-corrected chi connectivity index (χ3v) is 3.65. The van der Waals surface area contributed by atoms with Crippen LogP contribution in [0.25, 0.3) is 0 Å². The molecular formula is C14H23BClN7O3. The van der Waals surface area contributed by atoms with Gasteiger partial charge in [0.05, 0.1) is 6.04 Å². The molecule has 0 spiro atoms. The molecule has 1 amide bonds. The van der Waals surface area contributed by atoms with Gasteiger partial charge in [-0.3, -0.25) is 9.78 Å². The van der Waals surface area contributed by atoms with E-state index < -0.39 is 13.2 Å². The third-order valence-electron chi connectivity index (χ3n) is 3.65. The van der Waals surface area contributed by atoms with Gasteiger partial charge in [0.2, 0.25) is 5.91 Å². The van der Waals surface area contributed by atoms with Crippen LogP contribution in [0.15, 0.2) is 24.5 Å². The largest absolute Gasteiger partial charge is 0.451 e. The van der Waals surface area contributed by atoms with Gasteiger partial charge in [-0.1, -0.05) is 12.8 Å². The Balaban J connectivity index is 0.00000338. The fourth-order valence-corrected chi connectivity index (χ4v) is 2.30. The molecule has 2 aromatic heterocycles. The van der Waals surface area contributed by atoms with E-state index in [1.165, 1.54) is 4.68 Å². The van der Waals surface area contributed by atoms with Gasteiger partial charge in [0.15, 0.2) is 5.82 Å². The highest BCUT2D eigenvalue weighted by molar-refractivity contribution is 6.40. The Labute approximate surface area is 157 Å². The molecule has 1 unspecified atom stereocenters.